The Morgan fingerprint density at radius 3 is 2.38 bits per heavy atom. The van der Waals surface area contributed by atoms with Crippen LogP contribution in [0.3, 0.4) is 0 Å². The van der Waals surface area contributed by atoms with Crippen molar-refractivity contribution in [1.82, 2.24) is 0 Å². The molecule has 0 saturated heterocycles. The summed E-state index contributed by atoms with van der Waals surface area (Å²) in [5, 5.41) is 11.8. The van der Waals surface area contributed by atoms with Gasteiger partial charge in [-0.2, -0.15) is 0 Å². The number of nitrogen functional groups attached to an aromatic ring is 1. The van der Waals surface area contributed by atoms with Crippen LogP contribution in [0.25, 0.3) is 10.8 Å². The maximum Gasteiger partial charge on any atom is 0.262 e. The van der Waals surface area contributed by atoms with E-state index in [1.165, 1.54) is 0 Å². The second-order valence-corrected chi connectivity index (χ2v) is 9.60. The lowest BCUT2D eigenvalue weighted by atomic mass is 10.1. The van der Waals surface area contributed by atoms with Gasteiger partial charge in [0.15, 0.2) is 0 Å². The predicted molar refractivity (Wildman–Crippen MR) is 136 cm³/mol. The molecule has 4 rings (SSSR count). The number of hydrogen-bond donors (Lipinski definition) is 4. The van der Waals surface area contributed by atoms with Gasteiger partial charge in [-0.25, -0.2) is 8.42 Å². The smallest absolute Gasteiger partial charge is 0.262 e. The van der Waals surface area contributed by atoms with Gasteiger partial charge in [0.25, 0.3) is 10.0 Å². The average molecular weight is 473 g/mol. The van der Waals surface area contributed by atoms with Crippen molar-refractivity contribution < 1.29 is 13.2 Å². The van der Waals surface area contributed by atoms with Crippen molar-refractivity contribution in [2.75, 3.05) is 10.0 Å². The van der Waals surface area contributed by atoms with Gasteiger partial charge < -0.3 is 11.1 Å². The summed E-state index contributed by atoms with van der Waals surface area (Å²) in [7, 11) is -3.85. The molecule has 0 fully saturated rings. The number of aryl methyl sites for hydroxylation is 1. The Hall–Kier alpha value is -4.17. The molecule has 0 unspecified atom stereocenters. The number of fused-ring (bicyclic) bond motifs is 1. The summed E-state index contributed by atoms with van der Waals surface area (Å²) in [5.41, 5.74) is 8.49. The van der Waals surface area contributed by atoms with E-state index in [1.807, 2.05) is 25.1 Å². The highest BCUT2D eigenvalue weighted by atomic mass is 32.2. The summed E-state index contributed by atoms with van der Waals surface area (Å²) >= 11 is 0. The Kier molecular flexibility index (Phi) is 6.34. The molecule has 7 nitrogen and oxygen atoms in total. The van der Waals surface area contributed by atoms with E-state index in [9.17, 15) is 13.2 Å². The van der Waals surface area contributed by atoms with Crippen molar-refractivity contribution in [2.45, 2.75) is 18.2 Å². The molecule has 0 aliphatic heterocycles. The molecule has 172 valence electrons. The highest BCUT2D eigenvalue weighted by molar-refractivity contribution is 7.93. The van der Waals surface area contributed by atoms with Gasteiger partial charge in [0.05, 0.1) is 17.0 Å². The van der Waals surface area contributed by atoms with Crippen LogP contribution in [0.1, 0.15) is 16.7 Å². The molecule has 0 bridgehead atoms. The number of nitrogens with one attached hydrogen (secondary N) is 3. The third kappa shape index (κ3) is 5.07. The van der Waals surface area contributed by atoms with Gasteiger partial charge in [0, 0.05) is 16.6 Å². The van der Waals surface area contributed by atoms with Crippen LogP contribution in [0.5, 0.6) is 0 Å². The monoisotopic (exact) mass is 472 g/mol. The molecule has 0 radical (unpaired) electrons. The number of hydrogen-bond acceptors (Lipinski definition) is 4. The lowest BCUT2D eigenvalue weighted by Crippen LogP contribution is -2.17. The zero-order valence-corrected chi connectivity index (χ0v) is 19.3. The van der Waals surface area contributed by atoms with Crippen molar-refractivity contribution in [2.24, 2.45) is 5.73 Å². The van der Waals surface area contributed by atoms with Crippen molar-refractivity contribution in [1.29, 1.82) is 5.41 Å². The van der Waals surface area contributed by atoms with Crippen LogP contribution in [0.4, 0.5) is 11.4 Å². The number of anilines is 2. The Morgan fingerprint density at radius 2 is 1.65 bits per heavy atom. The summed E-state index contributed by atoms with van der Waals surface area (Å²) in [4.78, 5) is 12.8. The molecule has 0 heterocycles. The Morgan fingerprint density at radius 1 is 0.941 bits per heavy atom. The number of amidine groups is 1. The molecular weight excluding hydrogens is 448 g/mol. The van der Waals surface area contributed by atoms with E-state index < -0.39 is 10.0 Å². The number of amides is 1. The fourth-order valence-corrected chi connectivity index (χ4v) is 4.92. The molecule has 1 amide bonds. The summed E-state index contributed by atoms with van der Waals surface area (Å²) in [6.07, 6.45) is 0.129. The van der Waals surface area contributed by atoms with Crippen LogP contribution in [-0.2, 0) is 21.2 Å². The van der Waals surface area contributed by atoms with E-state index in [4.69, 9.17) is 11.1 Å². The number of rotatable bonds is 7. The number of sulfonamides is 1. The van der Waals surface area contributed by atoms with Crippen LogP contribution in [-0.4, -0.2) is 20.2 Å². The minimum absolute atomic E-state index is 0.0330. The van der Waals surface area contributed by atoms with Crippen LogP contribution in [0.2, 0.25) is 0 Å². The largest absolute Gasteiger partial charge is 0.384 e. The highest BCUT2D eigenvalue weighted by Crippen LogP contribution is 2.27. The summed E-state index contributed by atoms with van der Waals surface area (Å²) in [6, 6.07) is 24.3. The van der Waals surface area contributed by atoms with Gasteiger partial charge >= 0.3 is 0 Å². The van der Waals surface area contributed by atoms with Crippen molar-refractivity contribution >= 4 is 43.9 Å². The lowest BCUT2D eigenvalue weighted by molar-refractivity contribution is -0.115. The first-order chi connectivity index (χ1) is 16.2. The van der Waals surface area contributed by atoms with E-state index in [-0.39, 0.29) is 23.1 Å². The van der Waals surface area contributed by atoms with Crippen molar-refractivity contribution in [3.05, 3.63) is 102 Å². The number of nitrogens with two attached hydrogens (primary N) is 1. The molecule has 34 heavy (non-hydrogen) atoms. The second-order valence-electron chi connectivity index (χ2n) is 7.95. The SMILES string of the molecule is Cc1ccc(NS(=O)(=O)c2cccc3ccccc23)cc1NC(=O)Cc1ccc(C(=N)N)cc1. The maximum atomic E-state index is 13.1. The summed E-state index contributed by atoms with van der Waals surface area (Å²) in [6.45, 7) is 1.83. The first-order valence-electron chi connectivity index (χ1n) is 10.6. The van der Waals surface area contributed by atoms with Crippen LogP contribution >= 0.6 is 0 Å². The van der Waals surface area contributed by atoms with Crippen LogP contribution < -0.4 is 15.8 Å². The third-order valence-electron chi connectivity index (χ3n) is 5.43. The summed E-state index contributed by atoms with van der Waals surface area (Å²) in [5.74, 6) is -0.276. The van der Waals surface area contributed by atoms with E-state index >= 15 is 0 Å². The number of benzene rings is 4. The minimum atomic E-state index is -3.85. The van der Waals surface area contributed by atoms with Crippen LogP contribution in [0.15, 0.2) is 89.8 Å². The molecule has 5 N–H and O–H groups in total. The van der Waals surface area contributed by atoms with Gasteiger partial charge in [-0.05, 0) is 41.6 Å². The fraction of sp³-hybridized carbons (Fsp3) is 0.0769. The summed E-state index contributed by atoms with van der Waals surface area (Å²) < 4.78 is 28.9. The van der Waals surface area contributed by atoms with E-state index in [2.05, 4.69) is 10.0 Å². The van der Waals surface area contributed by atoms with Crippen molar-refractivity contribution in [3.63, 3.8) is 0 Å². The van der Waals surface area contributed by atoms with Gasteiger partial charge in [-0.1, -0.05) is 66.7 Å². The average Bonchev–Trinajstić information content (AvgIpc) is 2.81. The highest BCUT2D eigenvalue weighted by Gasteiger charge is 2.18. The zero-order valence-electron chi connectivity index (χ0n) is 18.5. The zero-order chi connectivity index (χ0) is 24.3. The molecule has 0 aliphatic rings. The standard InChI is InChI=1S/C26H24N4O3S/c1-17-9-14-21(30-34(32,33)24-8-4-6-19-5-2-3-7-22(19)24)16-23(17)29-25(31)15-18-10-12-20(13-11-18)26(27)28/h2-14,16,30H,15H2,1H3,(H3,27,28)(H,29,31). The number of carbonyl (C=O) groups excluding carboxylic acids is 1. The minimum Gasteiger partial charge on any atom is -0.384 e. The van der Waals surface area contributed by atoms with Gasteiger partial charge in [-0.15, -0.1) is 0 Å². The maximum absolute atomic E-state index is 13.1. The molecule has 0 aromatic heterocycles. The molecule has 0 saturated carbocycles. The van der Waals surface area contributed by atoms with E-state index in [0.717, 1.165) is 16.5 Å². The quantitative estimate of drug-likeness (QED) is 0.235. The second kappa shape index (κ2) is 9.36. The molecule has 0 spiro atoms. The molecule has 0 atom stereocenters. The topological polar surface area (TPSA) is 125 Å². The first kappa shape index (κ1) is 23.0. The van der Waals surface area contributed by atoms with E-state index in [0.29, 0.717) is 22.3 Å². The first-order valence-corrected chi connectivity index (χ1v) is 12.1. The Balaban J connectivity index is 1.52. The van der Waals surface area contributed by atoms with Gasteiger partial charge in [0.1, 0.15) is 5.84 Å². The van der Waals surface area contributed by atoms with Gasteiger partial charge in [0.2, 0.25) is 5.91 Å². The number of carbonyl (C=O) groups is 1. The molecule has 4 aromatic rings. The Bertz CT molecular complexity index is 1490. The predicted octanol–water partition coefficient (Wildman–Crippen LogP) is 4.41. The lowest BCUT2D eigenvalue weighted by Gasteiger charge is -2.14. The molecule has 8 heteroatoms. The fourth-order valence-electron chi connectivity index (χ4n) is 3.64. The van der Waals surface area contributed by atoms with Crippen LogP contribution in [0, 0.1) is 12.3 Å². The molecule has 0 aliphatic carbocycles. The third-order valence-corrected chi connectivity index (χ3v) is 6.87. The van der Waals surface area contributed by atoms with Crippen molar-refractivity contribution in [3.8, 4) is 0 Å². The normalized spacial score (nSPS) is 11.2. The molecular formula is C26H24N4O3S. The Labute approximate surface area is 198 Å². The molecule has 4 aromatic carbocycles. The van der Waals surface area contributed by atoms with E-state index in [1.54, 1.807) is 66.7 Å². The van der Waals surface area contributed by atoms with Gasteiger partial charge in [-0.3, -0.25) is 14.9 Å².